The van der Waals surface area contributed by atoms with Crippen LogP contribution >= 0.6 is 0 Å². The molecule has 0 saturated carbocycles. The number of ether oxygens (including phenoxy) is 3. The second-order valence-corrected chi connectivity index (χ2v) is 16.5. The second kappa shape index (κ2) is 52.2. The van der Waals surface area contributed by atoms with E-state index in [2.05, 4.69) is 81.5 Å². The van der Waals surface area contributed by atoms with Crippen LogP contribution in [0.1, 0.15) is 201 Å². The van der Waals surface area contributed by atoms with Crippen LogP contribution in [0.15, 0.2) is 134 Å². The highest BCUT2D eigenvalue weighted by Gasteiger charge is 2.19. The molecule has 0 aromatic rings. The fourth-order valence-corrected chi connectivity index (χ4v) is 6.50. The van der Waals surface area contributed by atoms with Crippen LogP contribution < -0.4 is 0 Å². The maximum Gasteiger partial charge on any atom is 0.306 e. The molecule has 1 unspecified atom stereocenters. The fraction of sp³-hybridized carbons (Fsp3) is 0.576. The number of hydrogen-bond donors (Lipinski definition) is 0. The number of allylic oxidation sites excluding steroid dienone is 22. The van der Waals surface area contributed by atoms with E-state index < -0.39 is 6.10 Å². The molecule has 1 atom stereocenters. The van der Waals surface area contributed by atoms with Gasteiger partial charge >= 0.3 is 17.9 Å². The van der Waals surface area contributed by atoms with Crippen molar-refractivity contribution in [3.8, 4) is 0 Å². The molecule has 0 aliphatic carbocycles. The summed E-state index contributed by atoms with van der Waals surface area (Å²) in [6.45, 7) is 6.26. The third-order valence-corrected chi connectivity index (χ3v) is 10.3. The standard InChI is InChI=1S/C59H92O6/c1-4-7-10-13-16-19-22-24-26-28-29-31-32-34-37-40-43-46-49-52-58(61)64-55-56(54-63-57(60)51-48-45-42-39-36-21-18-15-12-9-6-3)65-59(62)53-50-47-44-41-38-35-33-30-27-25-23-20-17-14-11-8-5-2/h7,9-10,12-13,16,18-19,21-22,24-29,31-32,34,37,39,42,56H,4-6,8,11,14-15,17,20,23,30,33,35-36,38,40-41,43-55H2,1-3H3/b10-7-,12-9-,16-13-,21-18-,22-19-,26-24-,27-25-,29-28+,32-31-,37-34-,42-39-. The zero-order chi connectivity index (χ0) is 47.2. The predicted octanol–water partition coefficient (Wildman–Crippen LogP) is 17.1. The molecule has 0 radical (unpaired) electrons. The summed E-state index contributed by atoms with van der Waals surface area (Å²) in [6.07, 6.45) is 73.0. The Hall–Kier alpha value is -4.45. The molecule has 0 aromatic heterocycles. The van der Waals surface area contributed by atoms with Crippen LogP contribution in [0.2, 0.25) is 0 Å². The summed E-state index contributed by atoms with van der Waals surface area (Å²) >= 11 is 0. The van der Waals surface area contributed by atoms with Gasteiger partial charge in [0.1, 0.15) is 13.2 Å². The Balaban J connectivity index is 4.54. The van der Waals surface area contributed by atoms with E-state index >= 15 is 0 Å². The van der Waals surface area contributed by atoms with Gasteiger partial charge in [0.05, 0.1) is 0 Å². The molecular formula is C59H92O6. The summed E-state index contributed by atoms with van der Waals surface area (Å²) in [5, 5.41) is 0. The second-order valence-electron chi connectivity index (χ2n) is 16.5. The predicted molar refractivity (Wildman–Crippen MR) is 279 cm³/mol. The number of hydrogen-bond acceptors (Lipinski definition) is 6. The summed E-state index contributed by atoms with van der Waals surface area (Å²) in [5.41, 5.74) is 0. The van der Waals surface area contributed by atoms with Crippen LogP contribution in [-0.2, 0) is 28.6 Å². The normalized spacial score (nSPS) is 13.2. The van der Waals surface area contributed by atoms with Crippen LogP contribution in [0.5, 0.6) is 0 Å². The van der Waals surface area contributed by atoms with Crippen molar-refractivity contribution in [3.63, 3.8) is 0 Å². The molecule has 0 aliphatic heterocycles. The van der Waals surface area contributed by atoms with Crippen molar-refractivity contribution in [2.24, 2.45) is 0 Å². The van der Waals surface area contributed by atoms with E-state index in [0.29, 0.717) is 25.7 Å². The third-order valence-electron chi connectivity index (χ3n) is 10.3. The maximum atomic E-state index is 12.8. The van der Waals surface area contributed by atoms with Crippen molar-refractivity contribution < 1.29 is 28.6 Å². The monoisotopic (exact) mass is 897 g/mol. The van der Waals surface area contributed by atoms with Gasteiger partial charge in [-0.05, 0) is 89.9 Å². The average molecular weight is 897 g/mol. The lowest BCUT2D eigenvalue weighted by atomic mass is 10.1. The van der Waals surface area contributed by atoms with Gasteiger partial charge in [-0.2, -0.15) is 0 Å². The molecule has 6 heteroatoms. The first-order chi connectivity index (χ1) is 32.0. The van der Waals surface area contributed by atoms with Crippen LogP contribution in [0.4, 0.5) is 0 Å². The summed E-state index contributed by atoms with van der Waals surface area (Å²) in [6, 6.07) is 0. The van der Waals surface area contributed by atoms with E-state index in [1.165, 1.54) is 77.0 Å². The van der Waals surface area contributed by atoms with Crippen molar-refractivity contribution in [1.29, 1.82) is 0 Å². The van der Waals surface area contributed by atoms with E-state index in [9.17, 15) is 14.4 Å². The third kappa shape index (κ3) is 50.4. The van der Waals surface area contributed by atoms with Gasteiger partial charge in [-0.25, -0.2) is 0 Å². The largest absolute Gasteiger partial charge is 0.462 e. The summed E-state index contributed by atoms with van der Waals surface area (Å²) < 4.78 is 16.7. The van der Waals surface area contributed by atoms with Crippen molar-refractivity contribution in [1.82, 2.24) is 0 Å². The van der Waals surface area contributed by atoms with Crippen molar-refractivity contribution in [2.75, 3.05) is 13.2 Å². The van der Waals surface area contributed by atoms with Crippen molar-refractivity contribution >= 4 is 17.9 Å². The van der Waals surface area contributed by atoms with Gasteiger partial charge in [-0.15, -0.1) is 0 Å². The lowest BCUT2D eigenvalue weighted by Crippen LogP contribution is -2.30. The van der Waals surface area contributed by atoms with Gasteiger partial charge < -0.3 is 14.2 Å². The molecule has 0 amide bonds. The Labute approximate surface area is 398 Å². The van der Waals surface area contributed by atoms with Gasteiger partial charge in [0.15, 0.2) is 6.10 Å². The SMILES string of the molecule is CC\C=C/C=C\C=C/C=C\C=C\C=C/C=C\CCCCCC(=O)OCC(COC(=O)CCC/C=C\C/C=C\C/C=C\CC)OC(=O)CCCCCCCCC/C=C\CCCCCCCC. The summed E-state index contributed by atoms with van der Waals surface area (Å²) in [7, 11) is 0. The highest BCUT2D eigenvalue weighted by molar-refractivity contribution is 5.71. The highest BCUT2D eigenvalue weighted by Crippen LogP contribution is 2.13. The zero-order valence-electron chi connectivity index (χ0n) is 41.4. The Morgan fingerprint density at radius 2 is 0.692 bits per heavy atom. The molecule has 0 saturated heterocycles. The molecule has 6 nitrogen and oxygen atoms in total. The van der Waals surface area contributed by atoms with Gasteiger partial charge in [-0.1, -0.05) is 225 Å². The minimum absolute atomic E-state index is 0.124. The van der Waals surface area contributed by atoms with Gasteiger partial charge in [0, 0.05) is 19.3 Å². The lowest BCUT2D eigenvalue weighted by Gasteiger charge is -2.18. The molecule has 0 aliphatic rings. The van der Waals surface area contributed by atoms with E-state index in [0.717, 1.165) is 70.6 Å². The highest BCUT2D eigenvalue weighted by atomic mass is 16.6. The Morgan fingerprint density at radius 3 is 1.22 bits per heavy atom. The first-order valence-corrected chi connectivity index (χ1v) is 25.8. The van der Waals surface area contributed by atoms with Crippen molar-refractivity contribution in [2.45, 2.75) is 207 Å². The minimum atomic E-state index is -0.824. The number of esters is 3. The van der Waals surface area contributed by atoms with Gasteiger partial charge in [0.2, 0.25) is 0 Å². The molecule has 0 N–H and O–H groups in total. The number of unbranched alkanes of at least 4 members (excludes halogenated alkanes) is 17. The van der Waals surface area contributed by atoms with E-state index in [4.69, 9.17) is 14.2 Å². The number of rotatable bonds is 44. The zero-order valence-corrected chi connectivity index (χ0v) is 41.4. The van der Waals surface area contributed by atoms with E-state index in [1.807, 2.05) is 72.9 Å². The average Bonchev–Trinajstić information content (AvgIpc) is 3.30. The van der Waals surface area contributed by atoms with Crippen LogP contribution in [0, 0.1) is 0 Å². The molecule has 0 heterocycles. The van der Waals surface area contributed by atoms with Crippen molar-refractivity contribution in [3.05, 3.63) is 134 Å². The molecule has 0 bridgehead atoms. The Kier molecular flexibility index (Phi) is 48.6. The summed E-state index contributed by atoms with van der Waals surface area (Å²) in [4.78, 5) is 37.9. The lowest BCUT2D eigenvalue weighted by molar-refractivity contribution is -0.167. The van der Waals surface area contributed by atoms with Gasteiger partial charge in [0.25, 0.3) is 0 Å². The first-order valence-electron chi connectivity index (χ1n) is 25.8. The molecule has 0 rings (SSSR count). The van der Waals surface area contributed by atoms with Crippen LogP contribution in [-0.4, -0.2) is 37.2 Å². The molecular weight excluding hydrogens is 805 g/mol. The Morgan fingerprint density at radius 1 is 0.338 bits per heavy atom. The molecule has 0 fully saturated rings. The van der Waals surface area contributed by atoms with E-state index in [1.54, 1.807) is 0 Å². The maximum absolute atomic E-state index is 12.8. The van der Waals surface area contributed by atoms with Crippen LogP contribution in [0.25, 0.3) is 0 Å². The quantitative estimate of drug-likeness (QED) is 0.0199. The number of carbonyl (C=O) groups excluding carboxylic acids is 3. The topological polar surface area (TPSA) is 78.9 Å². The first kappa shape index (κ1) is 60.5. The smallest absolute Gasteiger partial charge is 0.306 e. The van der Waals surface area contributed by atoms with E-state index in [-0.39, 0.29) is 37.5 Å². The van der Waals surface area contributed by atoms with Crippen LogP contribution in [0.3, 0.4) is 0 Å². The fourth-order valence-electron chi connectivity index (χ4n) is 6.50. The molecule has 364 valence electrons. The number of carbonyl (C=O) groups is 3. The van der Waals surface area contributed by atoms with Gasteiger partial charge in [-0.3, -0.25) is 14.4 Å². The molecule has 0 spiro atoms. The molecule has 65 heavy (non-hydrogen) atoms. The Bertz CT molecular complexity index is 1450. The molecule has 0 aromatic carbocycles. The summed E-state index contributed by atoms with van der Waals surface area (Å²) in [5.74, 6) is -1.03. The minimum Gasteiger partial charge on any atom is -0.462 e.